The van der Waals surface area contributed by atoms with Crippen molar-refractivity contribution < 1.29 is 8.42 Å². The molecular weight excluding hydrogens is 286 g/mol. The van der Waals surface area contributed by atoms with Gasteiger partial charge < -0.3 is 5.32 Å². The molecule has 0 saturated heterocycles. The maximum Gasteiger partial charge on any atom is 0.208 e. The third-order valence-electron chi connectivity index (χ3n) is 3.88. The number of rotatable bonds is 7. The summed E-state index contributed by atoms with van der Waals surface area (Å²) >= 11 is 0. The van der Waals surface area contributed by atoms with E-state index in [4.69, 9.17) is 0 Å². The van der Waals surface area contributed by atoms with Crippen molar-refractivity contribution in [2.45, 2.75) is 30.7 Å². The summed E-state index contributed by atoms with van der Waals surface area (Å²) in [4.78, 5) is 0. The molecule has 1 aliphatic carbocycles. The van der Waals surface area contributed by atoms with Crippen LogP contribution in [0.15, 0.2) is 30.3 Å². The van der Waals surface area contributed by atoms with E-state index in [1.807, 2.05) is 30.3 Å². The lowest BCUT2D eigenvalue weighted by Gasteiger charge is -2.43. The third-order valence-corrected chi connectivity index (χ3v) is 4.61. The van der Waals surface area contributed by atoms with Crippen LogP contribution in [0.4, 0.5) is 0 Å². The second-order valence-electron chi connectivity index (χ2n) is 5.64. The third kappa shape index (κ3) is 4.27. The van der Waals surface area contributed by atoms with Gasteiger partial charge in [0.1, 0.15) is 0 Å². The van der Waals surface area contributed by atoms with Crippen molar-refractivity contribution in [1.82, 2.24) is 10.0 Å². The van der Waals surface area contributed by atoms with Crippen LogP contribution in [0.5, 0.6) is 0 Å². The number of nitriles is 1. The Morgan fingerprint density at radius 3 is 2.52 bits per heavy atom. The molecule has 0 unspecified atom stereocenters. The topological polar surface area (TPSA) is 82.0 Å². The van der Waals surface area contributed by atoms with Gasteiger partial charge in [-0.15, -0.1) is 0 Å². The second kappa shape index (κ2) is 6.56. The smallest absolute Gasteiger partial charge is 0.208 e. The van der Waals surface area contributed by atoms with Crippen molar-refractivity contribution in [2.24, 2.45) is 0 Å². The Morgan fingerprint density at radius 1 is 1.29 bits per heavy atom. The highest BCUT2D eigenvalue weighted by molar-refractivity contribution is 7.88. The number of benzene rings is 1. The van der Waals surface area contributed by atoms with Crippen LogP contribution in [0.1, 0.15) is 24.8 Å². The summed E-state index contributed by atoms with van der Waals surface area (Å²) in [6, 6.07) is 12.7. The van der Waals surface area contributed by atoms with Crippen LogP contribution in [0, 0.1) is 11.3 Å². The van der Waals surface area contributed by atoms with E-state index in [1.165, 1.54) is 0 Å². The first kappa shape index (κ1) is 16.0. The molecule has 0 radical (unpaired) electrons. The van der Waals surface area contributed by atoms with E-state index in [0.29, 0.717) is 12.6 Å². The summed E-state index contributed by atoms with van der Waals surface area (Å²) < 4.78 is 24.3. The van der Waals surface area contributed by atoms with Crippen molar-refractivity contribution in [1.29, 1.82) is 5.26 Å². The minimum atomic E-state index is -3.10. The molecule has 1 fully saturated rings. The number of hydrogen-bond acceptors (Lipinski definition) is 4. The van der Waals surface area contributed by atoms with Gasteiger partial charge in [0, 0.05) is 12.6 Å². The van der Waals surface area contributed by atoms with Crippen molar-refractivity contribution in [3.63, 3.8) is 0 Å². The minimum absolute atomic E-state index is 0.336. The summed E-state index contributed by atoms with van der Waals surface area (Å²) in [6.07, 6.45) is 3.53. The average molecular weight is 307 g/mol. The average Bonchev–Trinajstić information content (AvgIpc) is 2.40. The zero-order chi connectivity index (χ0) is 15.3. The largest absolute Gasteiger partial charge is 0.314 e. The predicted molar refractivity (Wildman–Crippen MR) is 82.2 cm³/mol. The zero-order valence-electron chi connectivity index (χ0n) is 12.2. The van der Waals surface area contributed by atoms with E-state index in [9.17, 15) is 13.7 Å². The fourth-order valence-corrected chi connectivity index (χ4v) is 3.24. The summed E-state index contributed by atoms with van der Waals surface area (Å²) in [5, 5.41) is 12.8. The van der Waals surface area contributed by atoms with Crippen LogP contribution in [-0.4, -0.2) is 33.8 Å². The van der Waals surface area contributed by atoms with Crippen LogP contribution in [0.2, 0.25) is 0 Å². The molecule has 5 nitrogen and oxygen atoms in total. The number of hydrogen-bond donors (Lipinski definition) is 2. The Kier molecular flexibility index (Phi) is 4.99. The Bertz CT molecular complexity index is 602. The van der Waals surface area contributed by atoms with E-state index in [1.54, 1.807) is 0 Å². The standard InChI is InChI=1S/C15H21N3O2S/c1-21(19,20)18-9-5-8-17-14-10-15(11-14,12-16)13-6-3-2-4-7-13/h2-4,6-7,14,17-18H,5,8-11H2,1H3. The van der Waals surface area contributed by atoms with Crippen LogP contribution in [-0.2, 0) is 15.4 Å². The zero-order valence-corrected chi connectivity index (χ0v) is 13.0. The van der Waals surface area contributed by atoms with E-state index in [0.717, 1.165) is 37.6 Å². The van der Waals surface area contributed by atoms with Gasteiger partial charge in [-0.1, -0.05) is 30.3 Å². The minimum Gasteiger partial charge on any atom is -0.314 e. The highest BCUT2D eigenvalue weighted by atomic mass is 32.2. The highest BCUT2D eigenvalue weighted by Gasteiger charge is 2.45. The molecule has 1 saturated carbocycles. The molecule has 0 aliphatic heterocycles. The molecule has 1 aliphatic rings. The van der Waals surface area contributed by atoms with Crippen molar-refractivity contribution in [3.05, 3.63) is 35.9 Å². The molecule has 1 aromatic carbocycles. The van der Waals surface area contributed by atoms with Gasteiger partial charge in [-0.2, -0.15) is 5.26 Å². The maximum absolute atomic E-state index is 10.9. The first-order valence-electron chi connectivity index (χ1n) is 7.10. The fourth-order valence-electron chi connectivity index (χ4n) is 2.73. The maximum atomic E-state index is 10.9. The first-order chi connectivity index (χ1) is 9.95. The molecule has 2 rings (SSSR count). The van der Waals surface area contributed by atoms with Crippen molar-refractivity contribution in [3.8, 4) is 6.07 Å². The normalized spacial score (nSPS) is 25.0. The quantitative estimate of drug-likeness (QED) is 0.740. The fraction of sp³-hybridized carbons (Fsp3) is 0.533. The summed E-state index contributed by atoms with van der Waals surface area (Å²) in [6.45, 7) is 1.20. The molecule has 2 N–H and O–H groups in total. The van der Waals surface area contributed by atoms with E-state index in [2.05, 4.69) is 16.1 Å². The lowest BCUT2D eigenvalue weighted by Crippen LogP contribution is -2.51. The van der Waals surface area contributed by atoms with Crippen LogP contribution in [0.25, 0.3) is 0 Å². The molecule has 0 aromatic heterocycles. The van der Waals surface area contributed by atoms with Gasteiger partial charge in [0.2, 0.25) is 10.0 Å². The van der Waals surface area contributed by atoms with Crippen LogP contribution < -0.4 is 10.0 Å². The Hall–Kier alpha value is -1.42. The summed E-state index contributed by atoms with van der Waals surface area (Å²) in [5.41, 5.74) is 0.730. The molecule has 114 valence electrons. The SMILES string of the molecule is CS(=O)(=O)NCCCNC1CC(C#N)(c2ccccc2)C1. The monoisotopic (exact) mass is 307 g/mol. The second-order valence-corrected chi connectivity index (χ2v) is 7.47. The van der Waals surface area contributed by atoms with Crippen molar-refractivity contribution >= 4 is 10.0 Å². The molecule has 6 heteroatoms. The van der Waals surface area contributed by atoms with Crippen molar-refractivity contribution in [2.75, 3.05) is 19.3 Å². The van der Waals surface area contributed by atoms with Gasteiger partial charge in [0.25, 0.3) is 0 Å². The lowest BCUT2D eigenvalue weighted by atomic mass is 9.62. The molecule has 0 amide bonds. The molecule has 1 aromatic rings. The first-order valence-corrected chi connectivity index (χ1v) is 8.99. The van der Waals surface area contributed by atoms with Gasteiger partial charge >= 0.3 is 0 Å². The van der Waals surface area contributed by atoms with Crippen LogP contribution in [0.3, 0.4) is 0 Å². The van der Waals surface area contributed by atoms with Gasteiger partial charge in [0.15, 0.2) is 0 Å². The lowest BCUT2D eigenvalue weighted by molar-refractivity contribution is 0.227. The van der Waals surface area contributed by atoms with Gasteiger partial charge in [-0.3, -0.25) is 0 Å². The number of sulfonamides is 1. The Balaban J connectivity index is 1.72. The molecule has 21 heavy (non-hydrogen) atoms. The molecule has 0 spiro atoms. The van der Waals surface area contributed by atoms with Crippen LogP contribution >= 0.6 is 0 Å². The van der Waals surface area contributed by atoms with Gasteiger partial charge in [-0.25, -0.2) is 13.1 Å². The molecule has 0 atom stereocenters. The summed E-state index contributed by atoms with van der Waals surface area (Å²) in [7, 11) is -3.10. The van der Waals surface area contributed by atoms with E-state index < -0.39 is 10.0 Å². The molecule has 0 heterocycles. The Morgan fingerprint density at radius 2 is 1.95 bits per heavy atom. The number of nitrogens with zero attached hydrogens (tertiary/aromatic N) is 1. The molecule has 0 bridgehead atoms. The van der Waals surface area contributed by atoms with Gasteiger partial charge in [0.05, 0.1) is 17.7 Å². The number of nitrogens with one attached hydrogen (secondary N) is 2. The highest BCUT2D eigenvalue weighted by Crippen LogP contribution is 2.43. The van der Waals surface area contributed by atoms with E-state index >= 15 is 0 Å². The Labute approximate surface area is 126 Å². The van der Waals surface area contributed by atoms with Gasteiger partial charge in [-0.05, 0) is 31.4 Å². The van der Waals surface area contributed by atoms with E-state index in [-0.39, 0.29) is 5.41 Å². The predicted octanol–water partition coefficient (Wildman–Crippen LogP) is 1.14. The molecular formula is C15H21N3O2S. The summed E-state index contributed by atoms with van der Waals surface area (Å²) in [5.74, 6) is 0.